The summed E-state index contributed by atoms with van der Waals surface area (Å²) in [6, 6.07) is 3.36. The molecular weight excluding hydrogens is 243 g/mol. The fourth-order valence-electron chi connectivity index (χ4n) is 1.62. The number of anilines is 1. The van der Waals surface area contributed by atoms with Crippen LogP contribution in [0.15, 0.2) is 23.1 Å². The highest BCUT2D eigenvalue weighted by atomic mass is 32.2. The van der Waals surface area contributed by atoms with Crippen LogP contribution in [0, 0.1) is 5.82 Å². The van der Waals surface area contributed by atoms with Gasteiger partial charge in [0.15, 0.2) is 0 Å². The zero-order valence-electron chi connectivity index (χ0n) is 10.1. The highest BCUT2D eigenvalue weighted by Crippen LogP contribution is 2.21. The Morgan fingerprint density at radius 1 is 1.41 bits per heavy atom. The van der Waals surface area contributed by atoms with Gasteiger partial charge in [-0.25, -0.2) is 12.8 Å². The van der Waals surface area contributed by atoms with E-state index in [1.165, 1.54) is 16.4 Å². The van der Waals surface area contributed by atoms with E-state index in [2.05, 4.69) is 0 Å². The highest BCUT2D eigenvalue weighted by molar-refractivity contribution is 7.89. The first-order chi connectivity index (χ1) is 7.80. The maximum atomic E-state index is 13.3. The van der Waals surface area contributed by atoms with Crippen LogP contribution in [0.3, 0.4) is 0 Å². The van der Waals surface area contributed by atoms with Crippen molar-refractivity contribution in [2.24, 2.45) is 0 Å². The molecule has 0 aromatic heterocycles. The molecule has 0 amide bonds. The van der Waals surface area contributed by atoms with Gasteiger partial charge in [0.25, 0.3) is 0 Å². The zero-order valence-corrected chi connectivity index (χ0v) is 11.0. The van der Waals surface area contributed by atoms with Crippen LogP contribution in [0.4, 0.5) is 10.1 Å². The molecule has 96 valence electrons. The molecule has 2 N–H and O–H groups in total. The molecule has 0 heterocycles. The Bertz CT molecular complexity index is 500. The highest BCUT2D eigenvalue weighted by Gasteiger charge is 2.25. The minimum absolute atomic E-state index is 0.0588. The average molecular weight is 260 g/mol. The molecule has 1 aromatic rings. The first-order valence-corrected chi connectivity index (χ1v) is 6.81. The molecule has 0 fully saturated rings. The Labute approximate surface area is 101 Å². The van der Waals surface area contributed by atoms with Crippen LogP contribution >= 0.6 is 0 Å². The molecule has 0 saturated carbocycles. The van der Waals surface area contributed by atoms with Crippen LogP contribution in [0.5, 0.6) is 0 Å². The lowest BCUT2D eigenvalue weighted by molar-refractivity contribution is 0.369. The molecule has 0 saturated heterocycles. The fourth-order valence-corrected chi connectivity index (χ4v) is 3.27. The van der Waals surface area contributed by atoms with Crippen molar-refractivity contribution in [2.45, 2.75) is 31.7 Å². The normalized spacial score (nSPS) is 12.4. The second-order valence-electron chi connectivity index (χ2n) is 3.99. The van der Waals surface area contributed by atoms with Gasteiger partial charge in [-0.15, -0.1) is 0 Å². The van der Waals surface area contributed by atoms with E-state index in [1.807, 2.05) is 0 Å². The van der Waals surface area contributed by atoms with Crippen molar-refractivity contribution >= 4 is 15.7 Å². The van der Waals surface area contributed by atoms with Crippen molar-refractivity contribution < 1.29 is 12.8 Å². The Morgan fingerprint density at radius 3 is 2.41 bits per heavy atom. The lowest BCUT2D eigenvalue weighted by atomic mass is 10.3. The van der Waals surface area contributed by atoms with Crippen LogP contribution in [-0.2, 0) is 10.0 Å². The van der Waals surface area contributed by atoms with Crippen LogP contribution in [-0.4, -0.2) is 25.3 Å². The van der Waals surface area contributed by atoms with Gasteiger partial charge in [0.2, 0.25) is 10.0 Å². The summed E-state index contributed by atoms with van der Waals surface area (Å²) in [4.78, 5) is -0.0697. The van der Waals surface area contributed by atoms with Crippen molar-refractivity contribution in [2.75, 3.05) is 12.3 Å². The summed E-state index contributed by atoms with van der Waals surface area (Å²) in [6.45, 7) is 5.63. The van der Waals surface area contributed by atoms with Gasteiger partial charge in [-0.05, 0) is 32.0 Å². The summed E-state index contributed by atoms with van der Waals surface area (Å²) in [7, 11) is -3.65. The molecule has 0 unspecified atom stereocenters. The Kier molecular flexibility index (Phi) is 4.11. The lowest BCUT2D eigenvalue weighted by Crippen LogP contribution is -2.36. The monoisotopic (exact) mass is 260 g/mol. The number of hydrogen-bond donors (Lipinski definition) is 1. The second-order valence-corrected chi connectivity index (χ2v) is 5.88. The van der Waals surface area contributed by atoms with Crippen LogP contribution in [0.25, 0.3) is 0 Å². The minimum atomic E-state index is -3.65. The number of sulfonamides is 1. The maximum absolute atomic E-state index is 13.3. The summed E-state index contributed by atoms with van der Waals surface area (Å²) in [6.07, 6.45) is 0. The van der Waals surface area contributed by atoms with Gasteiger partial charge in [-0.1, -0.05) is 6.92 Å². The van der Waals surface area contributed by atoms with Gasteiger partial charge in [-0.3, -0.25) is 0 Å². The van der Waals surface area contributed by atoms with E-state index in [4.69, 9.17) is 5.73 Å². The second kappa shape index (κ2) is 5.01. The van der Waals surface area contributed by atoms with E-state index in [1.54, 1.807) is 20.8 Å². The minimum Gasteiger partial charge on any atom is -0.396 e. The molecule has 0 bridgehead atoms. The van der Waals surface area contributed by atoms with Crippen molar-refractivity contribution in [3.8, 4) is 0 Å². The molecule has 0 radical (unpaired) electrons. The number of halogens is 1. The summed E-state index contributed by atoms with van der Waals surface area (Å²) in [5, 5.41) is 0. The van der Waals surface area contributed by atoms with Crippen molar-refractivity contribution in [1.29, 1.82) is 0 Å². The smallest absolute Gasteiger partial charge is 0.243 e. The Morgan fingerprint density at radius 2 is 2.00 bits per heavy atom. The zero-order chi connectivity index (χ0) is 13.2. The number of nitrogens with two attached hydrogens (primary N) is 1. The standard InChI is InChI=1S/C11H17FN2O2S/c1-4-14(8(2)3)17(15,16)9-5-6-11(13)10(12)7-9/h5-8H,4,13H2,1-3H3. The van der Waals surface area contributed by atoms with Gasteiger partial charge >= 0.3 is 0 Å². The molecule has 0 aliphatic carbocycles. The van der Waals surface area contributed by atoms with E-state index >= 15 is 0 Å². The number of nitrogens with zero attached hydrogens (tertiary/aromatic N) is 1. The molecule has 1 rings (SSSR count). The average Bonchev–Trinajstić information content (AvgIpc) is 2.21. The summed E-state index contributed by atoms with van der Waals surface area (Å²) in [5.74, 6) is -0.717. The molecule has 1 aromatic carbocycles. The van der Waals surface area contributed by atoms with Crippen LogP contribution < -0.4 is 5.73 Å². The van der Waals surface area contributed by atoms with Crippen molar-refractivity contribution in [3.63, 3.8) is 0 Å². The SMILES string of the molecule is CCN(C(C)C)S(=O)(=O)c1ccc(N)c(F)c1. The molecule has 0 aliphatic rings. The van der Waals surface area contributed by atoms with Gasteiger partial charge < -0.3 is 5.73 Å². The predicted octanol–water partition coefficient (Wildman–Crippen LogP) is 1.83. The van der Waals surface area contributed by atoms with E-state index in [9.17, 15) is 12.8 Å². The summed E-state index contributed by atoms with van der Waals surface area (Å²) in [5.41, 5.74) is 5.26. The Hall–Kier alpha value is -1.14. The summed E-state index contributed by atoms with van der Waals surface area (Å²) >= 11 is 0. The summed E-state index contributed by atoms with van der Waals surface area (Å²) < 4.78 is 38.9. The van der Waals surface area contributed by atoms with Gasteiger partial charge in [0.05, 0.1) is 10.6 Å². The first kappa shape index (κ1) is 13.9. The van der Waals surface area contributed by atoms with Gasteiger partial charge in [0.1, 0.15) is 5.82 Å². The maximum Gasteiger partial charge on any atom is 0.243 e. The number of rotatable bonds is 4. The molecule has 4 nitrogen and oxygen atoms in total. The fraction of sp³-hybridized carbons (Fsp3) is 0.455. The van der Waals surface area contributed by atoms with Crippen LogP contribution in [0.1, 0.15) is 20.8 Å². The Balaban J connectivity index is 3.25. The van der Waals surface area contributed by atoms with Crippen LogP contribution in [0.2, 0.25) is 0 Å². The van der Waals surface area contributed by atoms with Crippen molar-refractivity contribution in [3.05, 3.63) is 24.0 Å². The topological polar surface area (TPSA) is 63.4 Å². The quantitative estimate of drug-likeness (QED) is 0.840. The molecule has 0 atom stereocenters. The predicted molar refractivity (Wildman–Crippen MR) is 65.5 cm³/mol. The largest absolute Gasteiger partial charge is 0.396 e. The third kappa shape index (κ3) is 2.76. The van der Waals surface area contributed by atoms with E-state index < -0.39 is 15.8 Å². The van der Waals surface area contributed by atoms with Gasteiger partial charge in [0, 0.05) is 12.6 Å². The number of hydrogen-bond acceptors (Lipinski definition) is 3. The molecule has 17 heavy (non-hydrogen) atoms. The van der Waals surface area contributed by atoms with E-state index in [0.717, 1.165) is 6.07 Å². The first-order valence-electron chi connectivity index (χ1n) is 5.37. The number of benzene rings is 1. The third-order valence-corrected chi connectivity index (χ3v) is 4.61. The number of nitrogen functional groups attached to an aromatic ring is 1. The van der Waals surface area contributed by atoms with Crippen molar-refractivity contribution in [1.82, 2.24) is 4.31 Å². The molecule has 0 spiro atoms. The molecule has 0 aliphatic heterocycles. The molecule has 6 heteroatoms. The third-order valence-electron chi connectivity index (χ3n) is 2.47. The lowest BCUT2D eigenvalue weighted by Gasteiger charge is -2.24. The van der Waals surface area contributed by atoms with E-state index in [0.29, 0.717) is 6.54 Å². The molecular formula is C11H17FN2O2S. The van der Waals surface area contributed by atoms with E-state index in [-0.39, 0.29) is 16.6 Å². The van der Waals surface area contributed by atoms with Gasteiger partial charge in [-0.2, -0.15) is 4.31 Å².